The van der Waals surface area contributed by atoms with Crippen molar-refractivity contribution in [2.45, 2.75) is 44.2 Å². The van der Waals surface area contributed by atoms with Gasteiger partial charge in [0.2, 0.25) is 11.8 Å². The summed E-state index contributed by atoms with van der Waals surface area (Å²) >= 11 is 1.40. The van der Waals surface area contributed by atoms with Crippen LogP contribution >= 0.6 is 11.3 Å². The molecule has 1 aromatic heterocycles. The van der Waals surface area contributed by atoms with Crippen molar-refractivity contribution in [3.05, 3.63) is 88.1 Å². The van der Waals surface area contributed by atoms with Crippen molar-refractivity contribution in [2.75, 3.05) is 4.90 Å². The molecule has 0 radical (unpaired) electrons. The quantitative estimate of drug-likeness (QED) is 0.520. The van der Waals surface area contributed by atoms with Gasteiger partial charge in [0.1, 0.15) is 17.7 Å². The highest BCUT2D eigenvalue weighted by molar-refractivity contribution is 7.10. The van der Waals surface area contributed by atoms with Gasteiger partial charge >= 0.3 is 0 Å². The third kappa shape index (κ3) is 4.88. The molecule has 1 aliphatic carbocycles. The monoisotopic (exact) mass is 454 g/mol. The van der Waals surface area contributed by atoms with E-state index >= 15 is 0 Å². The van der Waals surface area contributed by atoms with Gasteiger partial charge in [0.05, 0.1) is 12.1 Å². The number of carbonyl (C=O) groups is 2. The smallest absolute Gasteiger partial charge is 0.248 e. The molecule has 1 heterocycles. The van der Waals surface area contributed by atoms with Gasteiger partial charge in [-0.25, -0.2) is 8.78 Å². The Morgan fingerprint density at radius 1 is 0.969 bits per heavy atom. The summed E-state index contributed by atoms with van der Waals surface area (Å²) in [4.78, 5) is 28.9. The van der Waals surface area contributed by atoms with Crippen molar-refractivity contribution >= 4 is 28.8 Å². The van der Waals surface area contributed by atoms with E-state index in [4.69, 9.17) is 0 Å². The summed E-state index contributed by atoms with van der Waals surface area (Å²) in [5.74, 6) is -2.26. The lowest BCUT2D eigenvalue weighted by molar-refractivity contribution is -0.127. The first kappa shape index (κ1) is 22.1. The van der Waals surface area contributed by atoms with E-state index in [1.54, 1.807) is 18.2 Å². The number of hydrogen-bond donors (Lipinski definition) is 1. The van der Waals surface area contributed by atoms with E-state index in [2.05, 4.69) is 5.32 Å². The van der Waals surface area contributed by atoms with Gasteiger partial charge in [0.25, 0.3) is 0 Å². The number of carbonyl (C=O) groups excluding carboxylic acids is 2. The first-order valence-electron chi connectivity index (χ1n) is 10.7. The van der Waals surface area contributed by atoms with E-state index in [1.807, 2.05) is 11.4 Å². The average molecular weight is 455 g/mol. The molecule has 166 valence electrons. The molecule has 32 heavy (non-hydrogen) atoms. The molecule has 1 fully saturated rings. The summed E-state index contributed by atoms with van der Waals surface area (Å²) in [5.41, 5.74) is -0.0188. The Labute approximate surface area is 189 Å². The second-order valence-electron chi connectivity index (χ2n) is 7.89. The van der Waals surface area contributed by atoms with Gasteiger partial charge in [0, 0.05) is 16.5 Å². The number of benzene rings is 2. The zero-order chi connectivity index (χ0) is 22.5. The molecule has 7 heteroatoms. The highest BCUT2D eigenvalue weighted by atomic mass is 32.1. The number of hydrogen-bond acceptors (Lipinski definition) is 3. The van der Waals surface area contributed by atoms with Crippen molar-refractivity contribution < 1.29 is 18.4 Å². The van der Waals surface area contributed by atoms with Crippen LogP contribution in [0.3, 0.4) is 0 Å². The second-order valence-corrected chi connectivity index (χ2v) is 8.92. The van der Waals surface area contributed by atoms with E-state index in [-0.39, 0.29) is 23.7 Å². The molecule has 1 saturated carbocycles. The van der Waals surface area contributed by atoms with E-state index in [1.165, 1.54) is 47.7 Å². The predicted molar refractivity (Wildman–Crippen MR) is 121 cm³/mol. The molecule has 0 unspecified atom stereocenters. The van der Waals surface area contributed by atoms with E-state index < -0.39 is 29.5 Å². The maximum atomic E-state index is 14.9. The normalized spacial score (nSPS) is 14.8. The SMILES string of the molecule is O=C(NC1CCCC1)[C@H](c1ccccc1F)N(C(=O)Cc1cccs1)c1ccccc1F. The lowest BCUT2D eigenvalue weighted by atomic mass is 10.0. The summed E-state index contributed by atoms with van der Waals surface area (Å²) in [6.45, 7) is 0. The van der Waals surface area contributed by atoms with Crippen LogP contribution in [0.15, 0.2) is 66.0 Å². The third-order valence-electron chi connectivity index (χ3n) is 5.69. The number of nitrogens with zero attached hydrogens (tertiary/aromatic N) is 1. The van der Waals surface area contributed by atoms with Crippen molar-refractivity contribution in [1.29, 1.82) is 0 Å². The molecular formula is C25H24F2N2O2S. The summed E-state index contributed by atoms with van der Waals surface area (Å²) in [6.07, 6.45) is 3.65. The van der Waals surface area contributed by atoms with Crippen LogP contribution in [0.25, 0.3) is 0 Å². The fourth-order valence-corrected chi connectivity index (χ4v) is 4.85. The molecule has 4 nitrogen and oxygen atoms in total. The summed E-state index contributed by atoms with van der Waals surface area (Å²) < 4.78 is 29.8. The fourth-order valence-electron chi connectivity index (χ4n) is 4.16. The average Bonchev–Trinajstić information content (AvgIpc) is 3.48. The molecule has 0 spiro atoms. The van der Waals surface area contributed by atoms with E-state index in [9.17, 15) is 18.4 Å². The Kier molecular flexibility index (Phi) is 6.95. The Morgan fingerprint density at radius 2 is 1.66 bits per heavy atom. The lowest BCUT2D eigenvalue weighted by Crippen LogP contribution is -2.47. The number of nitrogens with one attached hydrogen (secondary N) is 1. The molecule has 3 aromatic rings. The van der Waals surface area contributed by atoms with E-state index in [0.29, 0.717) is 0 Å². The molecule has 0 saturated heterocycles. The highest BCUT2D eigenvalue weighted by Crippen LogP contribution is 2.33. The van der Waals surface area contributed by atoms with Gasteiger partial charge in [-0.3, -0.25) is 14.5 Å². The van der Waals surface area contributed by atoms with Crippen molar-refractivity contribution in [3.63, 3.8) is 0 Å². The summed E-state index contributed by atoms with van der Waals surface area (Å²) in [6, 6.07) is 13.9. The molecule has 4 rings (SSSR count). The second kappa shape index (κ2) is 10.0. The van der Waals surface area contributed by atoms with Crippen molar-refractivity contribution in [1.82, 2.24) is 5.32 Å². The summed E-state index contributed by atoms with van der Waals surface area (Å²) in [7, 11) is 0. The number of anilines is 1. The molecule has 1 atom stereocenters. The molecule has 1 aliphatic rings. The highest BCUT2D eigenvalue weighted by Gasteiger charge is 2.36. The first-order chi connectivity index (χ1) is 15.5. The minimum atomic E-state index is -1.33. The molecular weight excluding hydrogens is 430 g/mol. The van der Waals surface area contributed by atoms with Crippen LogP contribution in [0.4, 0.5) is 14.5 Å². The number of thiophene rings is 1. The lowest BCUT2D eigenvalue weighted by Gasteiger charge is -2.32. The first-order valence-corrected chi connectivity index (χ1v) is 11.6. The van der Waals surface area contributed by atoms with E-state index in [0.717, 1.165) is 35.5 Å². The Morgan fingerprint density at radius 3 is 2.31 bits per heavy atom. The third-order valence-corrected chi connectivity index (χ3v) is 6.57. The van der Waals surface area contributed by atoms with Crippen LogP contribution in [-0.4, -0.2) is 17.9 Å². The molecule has 1 N–H and O–H groups in total. The van der Waals surface area contributed by atoms with Crippen LogP contribution in [0.1, 0.15) is 42.2 Å². The molecule has 2 amide bonds. The Hall–Kier alpha value is -3.06. The van der Waals surface area contributed by atoms with Crippen LogP contribution in [0.2, 0.25) is 0 Å². The van der Waals surface area contributed by atoms with Crippen LogP contribution in [0.5, 0.6) is 0 Å². The Bertz CT molecular complexity index is 1080. The topological polar surface area (TPSA) is 49.4 Å². The van der Waals surface area contributed by atoms with Crippen LogP contribution in [-0.2, 0) is 16.0 Å². The number of amides is 2. The minimum absolute atomic E-state index is 0.0202. The zero-order valence-electron chi connectivity index (χ0n) is 17.5. The summed E-state index contributed by atoms with van der Waals surface area (Å²) in [5, 5.41) is 4.81. The van der Waals surface area contributed by atoms with Crippen molar-refractivity contribution in [3.8, 4) is 0 Å². The van der Waals surface area contributed by atoms with Gasteiger partial charge in [-0.1, -0.05) is 49.2 Å². The Balaban J connectivity index is 1.79. The zero-order valence-corrected chi connectivity index (χ0v) is 18.3. The standard InChI is InChI=1S/C25H24F2N2O2S/c26-20-12-4-3-11-19(20)24(25(31)28-17-8-1-2-9-17)29(22-14-6-5-13-21(22)27)23(30)16-18-10-7-15-32-18/h3-7,10-15,17,24H,1-2,8-9,16H2,(H,28,31)/t24-/m0/s1. The molecule has 0 bridgehead atoms. The van der Waals surface area contributed by atoms with Crippen molar-refractivity contribution in [2.24, 2.45) is 0 Å². The number of para-hydroxylation sites is 1. The van der Waals surface area contributed by atoms with Crippen LogP contribution < -0.4 is 10.2 Å². The fraction of sp³-hybridized carbons (Fsp3) is 0.280. The number of halogens is 2. The minimum Gasteiger partial charge on any atom is -0.351 e. The van der Waals surface area contributed by atoms with Crippen LogP contribution in [0, 0.1) is 11.6 Å². The van der Waals surface area contributed by atoms with Gasteiger partial charge in [-0.15, -0.1) is 11.3 Å². The number of rotatable bonds is 7. The van der Waals surface area contributed by atoms with Gasteiger partial charge in [-0.05, 0) is 42.5 Å². The maximum Gasteiger partial charge on any atom is 0.248 e. The maximum absolute atomic E-state index is 14.9. The molecule has 0 aliphatic heterocycles. The van der Waals surface area contributed by atoms with Gasteiger partial charge < -0.3 is 5.32 Å². The molecule has 2 aromatic carbocycles. The largest absolute Gasteiger partial charge is 0.351 e. The van der Waals surface area contributed by atoms with Gasteiger partial charge in [-0.2, -0.15) is 0 Å². The van der Waals surface area contributed by atoms with Gasteiger partial charge in [0.15, 0.2) is 0 Å². The predicted octanol–water partition coefficient (Wildman–Crippen LogP) is 5.40.